The van der Waals surface area contributed by atoms with E-state index in [0.29, 0.717) is 5.88 Å². The molecule has 2 aromatic carbocycles. The van der Waals surface area contributed by atoms with E-state index >= 15 is 0 Å². The normalized spacial score (nSPS) is 12.7. The van der Waals surface area contributed by atoms with Gasteiger partial charge >= 0.3 is 0 Å². The lowest BCUT2D eigenvalue weighted by molar-refractivity contribution is 0.317. The highest BCUT2D eigenvalue weighted by Gasteiger charge is 2.22. The monoisotopic (exact) mass is 401 g/mol. The molecule has 1 unspecified atom stereocenters. The van der Waals surface area contributed by atoms with Gasteiger partial charge in [0.25, 0.3) is 0 Å². The van der Waals surface area contributed by atoms with Crippen molar-refractivity contribution in [3.63, 3.8) is 0 Å². The van der Waals surface area contributed by atoms with Crippen LogP contribution in [0.2, 0.25) is 0 Å². The van der Waals surface area contributed by atoms with Gasteiger partial charge in [-0.1, -0.05) is 56.3 Å². The number of aromatic nitrogens is 1. The van der Waals surface area contributed by atoms with Gasteiger partial charge in [0.1, 0.15) is 11.5 Å². The lowest BCUT2D eigenvalue weighted by Gasteiger charge is -2.26. The SMILES string of the molecule is C=CC(C)(CCCc1cccc(Oc2ccccc2)n1)c1ccc(OCCC)cc1. The zero-order chi connectivity index (χ0) is 21.2. The summed E-state index contributed by atoms with van der Waals surface area (Å²) >= 11 is 0. The Balaban J connectivity index is 1.58. The highest BCUT2D eigenvalue weighted by Crippen LogP contribution is 2.32. The Morgan fingerprint density at radius 1 is 0.933 bits per heavy atom. The summed E-state index contributed by atoms with van der Waals surface area (Å²) < 4.78 is 11.6. The Hall–Kier alpha value is -3.07. The van der Waals surface area contributed by atoms with Crippen LogP contribution in [-0.4, -0.2) is 11.6 Å². The maximum absolute atomic E-state index is 5.86. The molecule has 0 spiro atoms. The molecule has 0 saturated carbocycles. The summed E-state index contributed by atoms with van der Waals surface area (Å²) in [5.41, 5.74) is 2.22. The fraction of sp³-hybridized carbons (Fsp3) is 0.296. The number of hydrogen-bond acceptors (Lipinski definition) is 3. The van der Waals surface area contributed by atoms with Crippen LogP contribution in [0, 0.1) is 0 Å². The number of ether oxygens (including phenoxy) is 2. The molecule has 3 heteroatoms. The summed E-state index contributed by atoms with van der Waals surface area (Å²) in [7, 11) is 0. The maximum atomic E-state index is 5.86. The molecule has 0 radical (unpaired) electrons. The van der Waals surface area contributed by atoms with Crippen LogP contribution in [0.25, 0.3) is 0 Å². The zero-order valence-corrected chi connectivity index (χ0v) is 18.0. The van der Waals surface area contributed by atoms with Crippen LogP contribution in [-0.2, 0) is 11.8 Å². The lowest BCUT2D eigenvalue weighted by Crippen LogP contribution is -2.19. The minimum atomic E-state index is -0.0819. The van der Waals surface area contributed by atoms with Gasteiger partial charge in [0, 0.05) is 17.2 Å². The molecule has 0 amide bonds. The van der Waals surface area contributed by atoms with Crippen LogP contribution >= 0.6 is 0 Å². The van der Waals surface area contributed by atoms with Gasteiger partial charge in [-0.2, -0.15) is 0 Å². The first-order valence-electron chi connectivity index (χ1n) is 10.7. The third-order valence-electron chi connectivity index (χ3n) is 5.31. The van der Waals surface area contributed by atoms with Crippen LogP contribution in [0.4, 0.5) is 0 Å². The van der Waals surface area contributed by atoms with E-state index in [9.17, 15) is 0 Å². The molecule has 0 N–H and O–H groups in total. The lowest BCUT2D eigenvalue weighted by atomic mass is 9.78. The Morgan fingerprint density at radius 2 is 1.70 bits per heavy atom. The highest BCUT2D eigenvalue weighted by atomic mass is 16.5. The first-order valence-corrected chi connectivity index (χ1v) is 10.7. The van der Waals surface area contributed by atoms with Gasteiger partial charge < -0.3 is 9.47 Å². The topological polar surface area (TPSA) is 31.4 Å². The summed E-state index contributed by atoms with van der Waals surface area (Å²) in [5, 5.41) is 0. The van der Waals surface area contributed by atoms with E-state index in [1.54, 1.807) is 0 Å². The smallest absolute Gasteiger partial charge is 0.219 e. The van der Waals surface area contributed by atoms with Crippen molar-refractivity contribution in [3.8, 4) is 17.4 Å². The van der Waals surface area contributed by atoms with Crippen molar-refractivity contribution in [2.45, 2.75) is 44.9 Å². The van der Waals surface area contributed by atoms with Gasteiger partial charge in [0.2, 0.25) is 5.88 Å². The molecule has 156 valence electrons. The molecule has 0 bridgehead atoms. The van der Waals surface area contributed by atoms with Crippen LogP contribution in [0.3, 0.4) is 0 Å². The molecular formula is C27H31NO2. The van der Waals surface area contributed by atoms with Crippen LogP contribution < -0.4 is 9.47 Å². The van der Waals surface area contributed by atoms with Crippen molar-refractivity contribution in [3.05, 3.63) is 96.7 Å². The van der Waals surface area contributed by atoms with E-state index in [4.69, 9.17) is 9.47 Å². The highest BCUT2D eigenvalue weighted by molar-refractivity contribution is 5.35. The fourth-order valence-electron chi connectivity index (χ4n) is 3.42. The van der Waals surface area contributed by atoms with Crippen molar-refractivity contribution < 1.29 is 9.47 Å². The van der Waals surface area contributed by atoms with Gasteiger partial charge in [0.15, 0.2) is 0 Å². The van der Waals surface area contributed by atoms with E-state index < -0.39 is 0 Å². The summed E-state index contributed by atoms with van der Waals surface area (Å²) in [6.07, 6.45) is 5.97. The average molecular weight is 402 g/mol. The minimum Gasteiger partial charge on any atom is -0.494 e. The first kappa shape index (κ1) is 21.6. The third kappa shape index (κ3) is 5.96. The molecule has 3 rings (SSSR count). The van der Waals surface area contributed by atoms with Gasteiger partial charge in [-0.3, -0.25) is 0 Å². The van der Waals surface area contributed by atoms with Gasteiger partial charge in [0.05, 0.1) is 6.61 Å². The number of hydrogen-bond donors (Lipinski definition) is 0. The molecule has 0 fully saturated rings. The minimum absolute atomic E-state index is 0.0819. The van der Waals surface area contributed by atoms with Crippen molar-refractivity contribution >= 4 is 0 Å². The molecule has 1 heterocycles. The predicted octanol–water partition coefficient (Wildman–Crippen LogP) is 7.13. The summed E-state index contributed by atoms with van der Waals surface area (Å²) in [6.45, 7) is 9.20. The Bertz CT molecular complexity index is 921. The first-order chi connectivity index (χ1) is 14.6. The Labute approximate surface area is 180 Å². The number of allylic oxidation sites excluding steroid dienone is 1. The number of aryl methyl sites for hydroxylation is 1. The molecule has 0 aliphatic carbocycles. The predicted molar refractivity (Wildman–Crippen MR) is 123 cm³/mol. The van der Waals surface area contributed by atoms with Gasteiger partial charge in [-0.25, -0.2) is 4.98 Å². The second kappa shape index (κ2) is 10.6. The molecule has 0 aliphatic heterocycles. The molecule has 1 aromatic heterocycles. The number of nitrogens with zero attached hydrogens (tertiary/aromatic N) is 1. The van der Waals surface area contributed by atoms with Crippen LogP contribution in [0.15, 0.2) is 85.5 Å². The van der Waals surface area contributed by atoms with Gasteiger partial charge in [-0.15, -0.1) is 6.58 Å². The molecule has 0 saturated heterocycles. The molecular weight excluding hydrogens is 370 g/mol. The molecule has 30 heavy (non-hydrogen) atoms. The molecule has 3 aromatic rings. The van der Waals surface area contributed by atoms with Gasteiger partial charge in [-0.05, 0) is 61.6 Å². The second-order valence-corrected chi connectivity index (χ2v) is 7.73. The largest absolute Gasteiger partial charge is 0.494 e. The molecule has 3 nitrogen and oxygen atoms in total. The average Bonchev–Trinajstić information content (AvgIpc) is 2.79. The number of benzene rings is 2. The van der Waals surface area contributed by atoms with Crippen molar-refractivity contribution in [2.75, 3.05) is 6.61 Å². The number of rotatable bonds is 11. The molecule has 0 aliphatic rings. The summed E-state index contributed by atoms with van der Waals surface area (Å²) in [4.78, 5) is 4.66. The van der Waals surface area contributed by atoms with Crippen molar-refractivity contribution in [1.82, 2.24) is 4.98 Å². The van der Waals surface area contributed by atoms with Crippen LogP contribution in [0.5, 0.6) is 17.4 Å². The second-order valence-electron chi connectivity index (χ2n) is 7.73. The zero-order valence-electron chi connectivity index (χ0n) is 18.0. The maximum Gasteiger partial charge on any atom is 0.219 e. The van der Waals surface area contributed by atoms with E-state index in [2.05, 4.69) is 61.8 Å². The Morgan fingerprint density at radius 3 is 2.40 bits per heavy atom. The van der Waals surface area contributed by atoms with E-state index in [1.165, 1.54) is 5.56 Å². The fourth-order valence-corrected chi connectivity index (χ4v) is 3.42. The summed E-state index contributed by atoms with van der Waals surface area (Å²) in [5.74, 6) is 2.35. The Kier molecular flexibility index (Phi) is 7.67. The number of pyridine rings is 1. The van der Waals surface area contributed by atoms with Crippen molar-refractivity contribution in [2.24, 2.45) is 0 Å². The quantitative estimate of drug-likeness (QED) is 0.320. The van der Waals surface area contributed by atoms with E-state index in [-0.39, 0.29) is 5.41 Å². The standard InChI is InChI=1S/C27H31NO2/c1-4-21-29-24-18-16-22(17-19-24)27(3,5-2)20-10-12-23-11-9-15-26(28-23)30-25-13-7-6-8-14-25/h5-9,11,13-19H,2,4,10,12,20-21H2,1,3H3. The molecule has 1 atom stereocenters. The van der Waals surface area contributed by atoms with E-state index in [1.807, 2.05) is 42.5 Å². The van der Waals surface area contributed by atoms with Crippen molar-refractivity contribution in [1.29, 1.82) is 0 Å². The van der Waals surface area contributed by atoms with Crippen LogP contribution in [0.1, 0.15) is 44.4 Å². The number of para-hydroxylation sites is 1. The van der Waals surface area contributed by atoms with E-state index in [0.717, 1.165) is 49.5 Å². The summed E-state index contributed by atoms with van der Waals surface area (Å²) in [6, 6.07) is 24.1. The third-order valence-corrected chi connectivity index (χ3v) is 5.31.